The number of hydrogen-bond donors (Lipinski definition) is 0. The van der Waals surface area contributed by atoms with Gasteiger partial charge in [0, 0.05) is 6.08 Å². The molecule has 0 aliphatic heterocycles. The van der Waals surface area contributed by atoms with E-state index in [2.05, 4.69) is 10.8 Å². The average Bonchev–Trinajstić information content (AvgIpc) is 2.28. The summed E-state index contributed by atoms with van der Waals surface area (Å²) in [4.78, 5) is 10.8. The van der Waals surface area contributed by atoms with Crippen LogP contribution >= 0.6 is 0 Å². The maximum Gasteiger partial charge on any atom is 0.330 e. The molecular weight excluding hydrogens is 190 g/mol. The van der Waals surface area contributed by atoms with Crippen molar-refractivity contribution in [1.29, 1.82) is 5.26 Å². The predicted molar refractivity (Wildman–Crippen MR) is 56.8 cm³/mol. The molecule has 0 aliphatic rings. The van der Waals surface area contributed by atoms with E-state index >= 15 is 0 Å². The van der Waals surface area contributed by atoms with Crippen molar-refractivity contribution < 1.29 is 9.53 Å². The molecule has 0 saturated carbocycles. The summed E-state index contributed by atoms with van der Waals surface area (Å²) < 4.78 is 4.47. The van der Waals surface area contributed by atoms with Crippen molar-refractivity contribution in [2.45, 2.75) is 6.42 Å². The van der Waals surface area contributed by atoms with Crippen molar-refractivity contribution in [3.8, 4) is 6.07 Å². The predicted octanol–water partition coefficient (Wildman–Crippen LogP) is 1.94. The molecule has 0 radical (unpaired) electrons. The van der Waals surface area contributed by atoms with Gasteiger partial charge in [0.2, 0.25) is 0 Å². The smallest absolute Gasteiger partial charge is 0.330 e. The molecule has 1 aromatic rings. The Morgan fingerprint density at radius 3 is 2.67 bits per heavy atom. The lowest BCUT2D eigenvalue weighted by Crippen LogP contribution is -1.93. The van der Waals surface area contributed by atoms with E-state index in [9.17, 15) is 4.79 Å². The van der Waals surface area contributed by atoms with Gasteiger partial charge in [-0.1, -0.05) is 24.3 Å². The molecule has 0 heterocycles. The highest BCUT2D eigenvalue weighted by Gasteiger charge is 1.93. The van der Waals surface area contributed by atoms with Crippen molar-refractivity contribution in [1.82, 2.24) is 0 Å². The van der Waals surface area contributed by atoms with Gasteiger partial charge in [-0.25, -0.2) is 4.79 Å². The first-order valence-corrected chi connectivity index (χ1v) is 4.48. The van der Waals surface area contributed by atoms with Crippen LogP contribution in [0.4, 0.5) is 0 Å². The molecule has 0 atom stereocenters. The van der Waals surface area contributed by atoms with Crippen LogP contribution in [0.1, 0.15) is 11.1 Å². The molecule has 3 heteroatoms. The summed E-state index contributed by atoms with van der Waals surface area (Å²) in [7, 11) is 1.34. The molecule has 0 fully saturated rings. The summed E-state index contributed by atoms with van der Waals surface area (Å²) in [5.74, 6) is -0.379. The lowest BCUT2D eigenvalue weighted by atomic mass is 10.1. The van der Waals surface area contributed by atoms with Gasteiger partial charge in [-0.15, -0.1) is 0 Å². The number of nitriles is 1. The highest BCUT2D eigenvalue weighted by atomic mass is 16.5. The van der Waals surface area contributed by atoms with Gasteiger partial charge >= 0.3 is 5.97 Å². The fraction of sp³-hybridized carbons (Fsp3) is 0.167. The number of rotatable bonds is 3. The minimum Gasteiger partial charge on any atom is -0.466 e. The molecule has 0 amide bonds. The molecule has 0 spiro atoms. The third-order valence-corrected chi connectivity index (χ3v) is 1.88. The monoisotopic (exact) mass is 201 g/mol. The van der Waals surface area contributed by atoms with Gasteiger partial charge in [-0.3, -0.25) is 0 Å². The van der Waals surface area contributed by atoms with E-state index in [1.165, 1.54) is 13.2 Å². The summed E-state index contributed by atoms with van der Waals surface area (Å²) in [6.45, 7) is 0. The van der Waals surface area contributed by atoms with Crippen LogP contribution in [0.3, 0.4) is 0 Å². The molecule has 1 aromatic carbocycles. The van der Waals surface area contributed by atoms with E-state index in [0.29, 0.717) is 6.42 Å². The Hall–Kier alpha value is -2.08. The highest BCUT2D eigenvalue weighted by molar-refractivity contribution is 5.86. The van der Waals surface area contributed by atoms with Crippen LogP contribution in [0.25, 0.3) is 6.08 Å². The van der Waals surface area contributed by atoms with Crippen molar-refractivity contribution >= 4 is 12.0 Å². The highest BCUT2D eigenvalue weighted by Crippen LogP contribution is 2.06. The zero-order chi connectivity index (χ0) is 11.1. The van der Waals surface area contributed by atoms with E-state index in [1.807, 2.05) is 24.3 Å². The minimum absolute atomic E-state index is 0.379. The Kier molecular flexibility index (Phi) is 4.11. The van der Waals surface area contributed by atoms with Gasteiger partial charge in [0.15, 0.2) is 0 Å². The largest absolute Gasteiger partial charge is 0.466 e. The quantitative estimate of drug-likeness (QED) is 0.554. The molecule has 0 unspecified atom stereocenters. The number of carbonyl (C=O) groups excluding carboxylic acids is 1. The molecule has 1 rings (SSSR count). The SMILES string of the molecule is COC(=O)/C=C/c1ccc(CC#N)cc1. The fourth-order valence-corrected chi connectivity index (χ4v) is 1.07. The molecule has 3 nitrogen and oxygen atoms in total. The van der Waals surface area contributed by atoms with E-state index < -0.39 is 0 Å². The second-order valence-electron chi connectivity index (χ2n) is 2.93. The fourth-order valence-electron chi connectivity index (χ4n) is 1.07. The normalized spacial score (nSPS) is 9.87. The van der Waals surface area contributed by atoms with Crippen molar-refractivity contribution in [2.75, 3.05) is 7.11 Å². The summed E-state index contributed by atoms with van der Waals surface area (Å²) in [5, 5.41) is 8.47. The summed E-state index contributed by atoms with van der Waals surface area (Å²) in [6, 6.07) is 9.50. The standard InChI is InChI=1S/C12H11NO2/c1-15-12(14)7-6-10-2-4-11(5-3-10)8-9-13/h2-7H,8H2,1H3/b7-6+. The van der Waals surface area contributed by atoms with E-state index in [0.717, 1.165) is 11.1 Å². The van der Waals surface area contributed by atoms with Gasteiger partial charge in [-0.05, 0) is 17.2 Å². The van der Waals surface area contributed by atoms with Crippen LogP contribution in [-0.2, 0) is 16.0 Å². The topological polar surface area (TPSA) is 50.1 Å². The van der Waals surface area contributed by atoms with Crippen molar-refractivity contribution in [2.24, 2.45) is 0 Å². The second-order valence-corrected chi connectivity index (χ2v) is 2.93. The number of carbonyl (C=O) groups is 1. The maximum atomic E-state index is 10.8. The van der Waals surface area contributed by atoms with Crippen LogP contribution < -0.4 is 0 Å². The first-order chi connectivity index (χ1) is 7.26. The van der Waals surface area contributed by atoms with Gasteiger partial charge in [-0.2, -0.15) is 5.26 Å². The minimum atomic E-state index is -0.379. The maximum absolute atomic E-state index is 10.8. The molecule has 15 heavy (non-hydrogen) atoms. The average molecular weight is 201 g/mol. The van der Waals surface area contributed by atoms with Crippen LogP contribution in [0, 0.1) is 11.3 Å². The van der Waals surface area contributed by atoms with Crippen LogP contribution in [0.2, 0.25) is 0 Å². The van der Waals surface area contributed by atoms with Crippen LogP contribution in [0.15, 0.2) is 30.3 Å². The zero-order valence-corrected chi connectivity index (χ0v) is 8.43. The number of methoxy groups -OCH3 is 1. The van der Waals surface area contributed by atoms with Crippen LogP contribution in [0.5, 0.6) is 0 Å². The number of hydrogen-bond acceptors (Lipinski definition) is 3. The lowest BCUT2D eigenvalue weighted by Gasteiger charge is -1.96. The molecule has 0 aromatic heterocycles. The van der Waals surface area contributed by atoms with E-state index in [1.54, 1.807) is 6.08 Å². The number of nitrogens with zero attached hydrogens (tertiary/aromatic N) is 1. The van der Waals surface area contributed by atoms with E-state index in [4.69, 9.17) is 5.26 Å². The Balaban J connectivity index is 2.69. The van der Waals surface area contributed by atoms with Gasteiger partial charge < -0.3 is 4.74 Å². The first kappa shape index (κ1) is 11.0. The van der Waals surface area contributed by atoms with E-state index in [-0.39, 0.29) is 5.97 Å². The Morgan fingerprint density at radius 2 is 2.13 bits per heavy atom. The number of ether oxygens (including phenoxy) is 1. The molecule has 0 aliphatic carbocycles. The van der Waals surface area contributed by atoms with Gasteiger partial charge in [0.05, 0.1) is 19.6 Å². The summed E-state index contributed by atoms with van der Waals surface area (Å²) in [5.41, 5.74) is 1.87. The first-order valence-electron chi connectivity index (χ1n) is 4.48. The molecular formula is C12H11NO2. The Labute approximate surface area is 88.6 Å². The molecule has 0 N–H and O–H groups in total. The second kappa shape index (κ2) is 5.61. The summed E-state index contributed by atoms with van der Waals surface area (Å²) in [6.07, 6.45) is 3.43. The molecule has 0 saturated heterocycles. The number of esters is 1. The zero-order valence-electron chi connectivity index (χ0n) is 8.43. The molecule has 76 valence electrons. The van der Waals surface area contributed by atoms with Crippen molar-refractivity contribution in [3.05, 3.63) is 41.5 Å². The Morgan fingerprint density at radius 1 is 1.47 bits per heavy atom. The Bertz CT molecular complexity index is 399. The van der Waals surface area contributed by atoms with Crippen LogP contribution in [-0.4, -0.2) is 13.1 Å². The number of benzene rings is 1. The third-order valence-electron chi connectivity index (χ3n) is 1.88. The third kappa shape index (κ3) is 3.65. The molecule has 0 bridgehead atoms. The van der Waals surface area contributed by atoms with Gasteiger partial charge in [0.1, 0.15) is 0 Å². The van der Waals surface area contributed by atoms with Crippen molar-refractivity contribution in [3.63, 3.8) is 0 Å². The van der Waals surface area contributed by atoms with Gasteiger partial charge in [0.25, 0.3) is 0 Å². The summed E-state index contributed by atoms with van der Waals surface area (Å²) >= 11 is 0. The lowest BCUT2D eigenvalue weighted by molar-refractivity contribution is -0.134.